The summed E-state index contributed by atoms with van der Waals surface area (Å²) in [6.45, 7) is 2.64. The van der Waals surface area contributed by atoms with Gasteiger partial charge in [-0.1, -0.05) is 43.5 Å². The number of hydrogen-bond donors (Lipinski definition) is 4. The second-order valence-electron chi connectivity index (χ2n) is 19.1. The van der Waals surface area contributed by atoms with Crippen LogP contribution in [0.25, 0.3) is 34.2 Å². The molecular formula is C56H58N12O4S. The van der Waals surface area contributed by atoms with Crippen molar-refractivity contribution in [2.24, 2.45) is 5.84 Å². The molecule has 7 aromatic rings. The maximum Gasteiger partial charge on any atom is 0.252 e. The van der Waals surface area contributed by atoms with Crippen LogP contribution in [0.1, 0.15) is 122 Å². The molecule has 11 heterocycles. The molecule has 4 aliphatic heterocycles. The van der Waals surface area contributed by atoms with Crippen LogP contribution < -0.4 is 21.9 Å². The van der Waals surface area contributed by atoms with E-state index in [0.29, 0.717) is 112 Å². The lowest BCUT2D eigenvalue weighted by atomic mass is 10.0. The molecule has 17 heteroatoms. The van der Waals surface area contributed by atoms with E-state index in [-0.39, 0.29) is 24.1 Å². The van der Waals surface area contributed by atoms with Gasteiger partial charge < -0.3 is 10.6 Å². The third-order valence-corrected chi connectivity index (χ3v) is 14.5. The highest BCUT2D eigenvalue weighted by Gasteiger charge is 2.25. The number of thiophene rings is 1. The number of aryl methyl sites for hydroxylation is 1. The van der Waals surface area contributed by atoms with E-state index in [0.717, 1.165) is 76.1 Å². The molecule has 0 saturated carbocycles. The van der Waals surface area contributed by atoms with Gasteiger partial charge in [0.2, 0.25) is 11.8 Å². The molecule has 0 aliphatic carbocycles. The normalized spacial score (nSPS) is 17.8. The number of carbonyl (C=O) groups excluding carboxylic acids is 4. The van der Waals surface area contributed by atoms with Crippen LogP contribution in [-0.2, 0) is 61.8 Å². The summed E-state index contributed by atoms with van der Waals surface area (Å²) in [5, 5.41) is 6.21. The fourth-order valence-electron chi connectivity index (χ4n) is 9.69. The Kier molecular flexibility index (Phi) is 15.5. The zero-order valence-corrected chi connectivity index (χ0v) is 41.5. The Labute approximate surface area is 428 Å². The molecule has 16 bridgehead atoms. The van der Waals surface area contributed by atoms with Crippen molar-refractivity contribution in [3.05, 3.63) is 164 Å². The number of rotatable bonds is 9. The van der Waals surface area contributed by atoms with E-state index in [2.05, 4.69) is 31.9 Å². The predicted octanol–water partition coefficient (Wildman–Crippen LogP) is 7.81. The summed E-state index contributed by atoms with van der Waals surface area (Å²) in [5.74, 6) is 4.34. The number of hydrogen-bond acceptors (Lipinski definition) is 14. The van der Waals surface area contributed by atoms with E-state index >= 15 is 0 Å². The average molecular weight is 995 g/mol. The fraction of sp³-hybridized carbons (Fsp3) is 0.321. The Balaban J connectivity index is 1.02. The van der Waals surface area contributed by atoms with E-state index in [9.17, 15) is 19.2 Å². The Morgan fingerprint density at radius 1 is 0.575 bits per heavy atom. The number of unbranched alkanes of at least 4 members (excludes halogenated alkanes) is 2. The van der Waals surface area contributed by atoms with E-state index in [1.165, 1.54) is 4.88 Å². The van der Waals surface area contributed by atoms with Crippen LogP contribution >= 0.6 is 11.3 Å². The summed E-state index contributed by atoms with van der Waals surface area (Å²) < 4.78 is 0. The number of amides is 3. The molecule has 73 heavy (non-hydrogen) atoms. The molecule has 0 radical (unpaired) electrons. The summed E-state index contributed by atoms with van der Waals surface area (Å²) >= 11 is 1.64. The molecule has 16 nitrogen and oxygen atoms in total. The van der Waals surface area contributed by atoms with Crippen molar-refractivity contribution in [2.45, 2.75) is 116 Å². The Hall–Kier alpha value is -7.44. The van der Waals surface area contributed by atoms with Crippen LogP contribution in [0.4, 0.5) is 0 Å². The first-order chi connectivity index (χ1) is 35.7. The van der Waals surface area contributed by atoms with Gasteiger partial charge in [0.1, 0.15) is 6.04 Å². The Morgan fingerprint density at radius 2 is 1.08 bits per heavy atom. The molecule has 7 aromatic heterocycles. The van der Waals surface area contributed by atoms with Crippen LogP contribution in [0.2, 0.25) is 0 Å². The van der Waals surface area contributed by atoms with Gasteiger partial charge in [-0.25, -0.2) is 35.7 Å². The first-order valence-corrected chi connectivity index (χ1v) is 26.0. The molecule has 1 atom stereocenters. The highest BCUT2D eigenvalue weighted by molar-refractivity contribution is 7.12. The van der Waals surface area contributed by atoms with Gasteiger partial charge in [-0.15, -0.1) is 11.3 Å². The average Bonchev–Trinajstić information content (AvgIpc) is 3.86. The minimum Gasteiger partial charge on any atom is -0.349 e. The zero-order chi connectivity index (χ0) is 50.1. The summed E-state index contributed by atoms with van der Waals surface area (Å²) in [7, 11) is 0. The van der Waals surface area contributed by atoms with Crippen LogP contribution in [0.5, 0.6) is 0 Å². The van der Waals surface area contributed by atoms with Crippen molar-refractivity contribution in [2.75, 3.05) is 0 Å². The number of carbonyl (C=O) groups is 4. The molecule has 372 valence electrons. The van der Waals surface area contributed by atoms with E-state index in [1.807, 2.05) is 84.9 Å². The SMILES string of the molecule is NNC(=O)CCCCCc1ccc(CNC(=O)C2CCCCCC(=O)c3cc4nc(c3)-c3cc(cc(n3)CN3Cc5cccc(n5)-c5cccc(n5)CN(Cc5cccc(n5)-c5cccc(n5)C3)C4)C(=O)N2)s1. The second-order valence-corrected chi connectivity index (χ2v) is 20.3. The standard InChI is InChI=1S/C56H58N12O4S/c57-66-54(70)22-6-1-3-15-44-23-24-45(73-44)29-58-56(72)50-16-4-2-5-21-53(69)36-25-42-34-67-30-38-11-7-17-46(59-38)48-19-9-13-40(61-48)32-68(33-41-14-10-20-49(62-41)47-18-8-12-39(31-67)60-47)35-43-26-37(55(71)65-50)28-52(64-43)51(27-36)63-42/h7-14,17-20,23-28,50H,1-6,15-16,21-22,29-35,57H2,(H,58,72)(H,65,71)(H,66,70). The summed E-state index contributed by atoms with van der Waals surface area (Å²) in [6, 6.07) is 34.4. The molecule has 1 unspecified atom stereocenters. The molecule has 4 aliphatic rings. The number of nitrogens with zero attached hydrogens (tertiary/aromatic N) is 8. The number of hydrazine groups is 1. The van der Waals surface area contributed by atoms with E-state index in [4.69, 9.17) is 35.7 Å². The number of nitrogens with two attached hydrogens (primary N) is 1. The maximum atomic E-state index is 14.7. The number of fused-ring (bicyclic) bond motifs is 2. The first-order valence-electron chi connectivity index (χ1n) is 25.2. The van der Waals surface area contributed by atoms with Gasteiger partial charge in [0.25, 0.3) is 5.91 Å². The monoisotopic (exact) mass is 994 g/mol. The van der Waals surface area contributed by atoms with Crippen LogP contribution in [-0.4, -0.2) is 69.3 Å². The van der Waals surface area contributed by atoms with Gasteiger partial charge in [-0.05, 0) is 117 Å². The highest BCUT2D eigenvalue weighted by atomic mass is 32.1. The number of ketones is 1. The van der Waals surface area contributed by atoms with Gasteiger partial charge in [0.05, 0.1) is 74.9 Å². The van der Waals surface area contributed by atoms with Crippen molar-refractivity contribution in [3.8, 4) is 34.2 Å². The van der Waals surface area contributed by atoms with Crippen molar-refractivity contribution in [1.82, 2.24) is 55.8 Å². The second kappa shape index (κ2) is 23.0. The number of pyridine rings is 6. The third-order valence-electron chi connectivity index (χ3n) is 13.3. The third kappa shape index (κ3) is 12.8. The Morgan fingerprint density at radius 3 is 1.64 bits per heavy atom. The lowest BCUT2D eigenvalue weighted by Gasteiger charge is -2.24. The van der Waals surface area contributed by atoms with Gasteiger partial charge in [0, 0.05) is 73.0 Å². The van der Waals surface area contributed by atoms with Crippen LogP contribution in [0, 0.1) is 0 Å². The van der Waals surface area contributed by atoms with Crippen molar-refractivity contribution >= 4 is 34.8 Å². The van der Waals surface area contributed by atoms with Gasteiger partial charge in [0.15, 0.2) is 5.78 Å². The largest absolute Gasteiger partial charge is 0.349 e. The lowest BCUT2D eigenvalue weighted by Crippen LogP contribution is -2.46. The van der Waals surface area contributed by atoms with E-state index < -0.39 is 11.9 Å². The van der Waals surface area contributed by atoms with Gasteiger partial charge >= 0.3 is 0 Å². The quantitative estimate of drug-likeness (QED) is 0.0471. The molecule has 5 N–H and O–H groups in total. The zero-order valence-electron chi connectivity index (χ0n) is 40.7. The van der Waals surface area contributed by atoms with Gasteiger partial charge in [-0.3, -0.25) is 34.4 Å². The van der Waals surface area contributed by atoms with E-state index in [1.54, 1.807) is 29.5 Å². The Bertz CT molecular complexity index is 3070. The number of aromatic nitrogens is 6. The van der Waals surface area contributed by atoms with Crippen molar-refractivity contribution in [3.63, 3.8) is 0 Å². The number of nitrogens with one attached hydrogen (secondary N) is 3. The maximum absolute atomic E-state index is 14.7. The number of Topliss-reactive ketones (excluding diaryl/α,β-unsaturated/α-hetero) is 1. The molecule has 3 amide bonds. The van der Waals surface area contributed by atoms with Gasteiger partial charge in [-0.2, -0.15) is 0 Å². The summed E-state index contributed by atoms with van der Waals surface area (Å²) in [5.41, 5.74) is 11.5. The molecule has 0 fully saturated rings. The lowest BCUT2D eigenvalue weighted by molar-refractivity contribution is -0.123. The van der Waals surface area contributed by atoms with Crippen LogP contribution in [0.3, 0.4) is 0 Å². The molecule has 0 saturated heterocycles. The summed E-state index contributed by atoms with van der Waals surface area (Å²) in [6.07, 6.45) is 6.54. The van der Waals surface area contributed by atoms with Crippen LogP contribution in [0.15, 0.2) is 109 Å². The first kappa shape index (κ1) is 49.2. The smallest absolute Gasteiger partial charge is 0.252 e. The molecule has 0 aromatic carbocycles. The molecule has 11 rings (SSSR count). The van der Waals surface area contributed by atoms with Crippen molar-refractivity contribution < 1.29 is 19.2 Å². The predicted molar refractivity (Wildman–Crippen MR) is 278 cm³/mol. The minimum atomic E-state index is -0.830. The molecular weight excluding hydrogens is 937 g/mol. The fourth-order valence-corrected chi connectivity index (χ4v) is 10.7. The minimum absolute atomic E-state index is 0.0120. The highest BCUT2D eigenvalue weighted by Crippen LogP contribution is 2.28. The summed E-state index contributed by atoms with van der Waals surface area (Å²) in [4.78, 5) is 92.2. The van der Waals surface area contributed by atoms with Crippen molar-refractivity contribution in [1.29, 1.82) is 0 Å². The molecule has 0 spiro atoms. The topological polar surface area (TPSA) is 214 Å².